The minimum absolute atomic E-state index is 0.682. The third-order valence-corrected chi connectivity index (χ3v) is 2.85. The topological polar surface area (TPSA) is 17.8 Å². The van der Waals surface area contributed by atoms with Gasteiger partial charge in [-0.1, -0.05) is 13.3 Å². The van der Waals surface area contributed by atoms with E-state index < -0.39 is 0 Å². The number of imidazole rings is 1. The van der Waals surface area contributed by atoms with Gasteiger partial charge in [-0.2, -0.15) is 12.6 Å². The monoisotopic (exact) mass is 198 g/mol. The van der Waals surface area contributed by atoms with Crippen LogP contribution in [0.1, 0.15) is 25.6 Å². The summed E-state index contributed by atoms with van der Waals surface area (Å²) in [7, 11) is 0. The van der Waals surface area contributed by atoms with Crippen molar-refractivity contribution in [1.82, 2.24) is 9.55 Å². The molecule has 0 spiro atoms. The Labute approximate surface area is 85.8 Å². The van der Waals surface area contributed by atoms with Gasteiger partial charge in [0.15, 0.2) is 0 Å². The van der Waals surface area contributed by atoms with Crippen LogP contribution in [0.15, 0.2) is 12.4 Å². The first kappa shape index (κ1) is 10.6. The Morgan fingerprint density at radius 3 is 2.85 bits per heavy atom. The van der Waals surface area contributed by atoms with E-state index in [2.05, 4.69) is 29.1 Å². The highest BCUT2D eigenvalue weighted by atomic mass is 32.1. The standard InChI is InChI=1S/C10H18N2S/c1-3-4-10(8-13)7-12-6-5-11-9(12)2/h5-6,10,13H,3-4,7-8H2,1-2H3. The fraction of sp³-hybridized carbons (Fsp3) is 0.700. The van der Waals surface area contributed by atoms with Crippen LogP contribution in [0.5, 0.6) is 0 Å². The predicted molar refractivity (Wildman–Crippen MR) is 59.2 cm³/mol. The van der Waals surface area contributed by atoms with Gasteiger partial charge < -0.3 is 4.57 Å². The summed E-state index contributed by atoms with van der Waals surface area (Å²) >= 11 is 4.36. The molecule has 0 radical (unpaired) electrons. The fourth-order valence-corrected chi connectivity index (χ4v) is 1.82. The van der Waals surface area contributed by atoms with E-state index in [9.17, 15) is 0 Å². The van der Waals surface area contributed by atoms with Gasteiger partial charge in [0.1, 0.15) is 5.82 Å². The van der Waals surface area contributed by atoms with Gasteiger partial charge >= 0.3 is 0 Å². The molecule has 0 amide bonds. The SMILES string of the molecule is CCCC(CS)Cn1ccnc1C. The molecular formula is C10H18N2S. The van der Waals surface area contributed by atoms with Crippen molar-refractivity contribution in [2.75, 3.05) is 5.75 Å². The van der Waals surface area contributed by atoms with Crippen molar-refractivity contribution in [3.05, 3.63) is 18.2 Å². The molecule has 13 heavy (non-hydrogen) atoms. The van der Waals surface area contributed by atoms with E-state index in [1.807, 2.05) is 19.3 Å². The van der Waals surface area contributed by atoms with Crippen molar-refractivity contribution >= 4 is 12.6 Å². The highest BCUT2D eigenvalue weighted by Gasteiger charge is 2.07. The molecule has 0 aliphatic carbocycles. The zero-order valence-electron chi connectivity index (χ0n) is 8.40. The van der Waals surface area contributed by atoms with Gasteiger partial charge in [0.2, 0.25) is 0 Å². The van der Waals surface area contributed by atoms with E-state index in [0.717, 1.165) is 18.1 Å². The third kappa shape index (κ3) is 3.07. The molecule has 0 aliphatic rings. The molecule has 74 valence electrons. The summed E-state index contributed by atoms with van der Waals surface area (Å²) < 4.78 is 2.20. The lowest BCUT2D eigenvalue weighted by molar-refractivity contribution is 0.448. The number of hydrogen-bond acceptors (Lipinski definition) is 2. The van der Waals surface area contributed by atoms with Crippen LogP contribution in [0, 0.1) is 12.8 Å². The lowest BCUT2D eigenvalue weighted by atomic mass is 10.1. The van der Waals surface area contributed by atoms with Crippen molar-refractivity contribution in [2.45, 2.75) is 33.2 Å². The molecule has 0 bridgehead atoms. The number of nitrogens with zero attached hydrogens (tertiary/aromatic N) is 2. The Morgan fingerprint density at radius 1 is 1.62 bits per heavy atom. The second-order valence-electron chi connectivity index (χ2n) is 3.46. The first-order chi connectivity index (χ1) is 6.27. The van der Waals surface area contributed by atoms with Crippen LogP contribution < -0.4 is 0 Å². The van der Waals surface area contributed by atoms with Gasteiger partial charge in [0.25, 0.3) is 0 Å². The Bertz CT molecular complexity index is 245. The van der Waals surface area contributed by atoms with Gasteiger partial charge in [-0.15, -0.1) is 0 Å². The van der Waals surface area contributed by atoms with Crippen molar-refractivity contribution in [1.29, 1.82) is 0 Å². The van der Waals surface area contributed by atoms with Gasteiger partial charge in [-0.05, 0) is 25.0 Å². The molecule has 3 heteroatoms. The van der Waals surface area contributed by atoms with Crippen LogP contribution in [0.3, 0.4) is 0 Å². The highest BCUT2D eigenvalue weighted by Crippen LogP contribution is 2.12. The highest BCUT2D eigenvalue weighted by molar-refractivity contribution is 7.80. The number of thiol groups is 1. The Hall–Kier alpha value is -0.440. The lowest BCUT2D eigenvalue weighted by Crippen LogP contribution is -2.12. The normalized spacial score (nSPS) is 13.2. The Kier molecular flexibility index (Phi) is 4.36. The average Bonchev–Trinajstić information content (AvgIpc) is 2.51. The van der Waals surface area contributed by atoms with Gasteiger partial charge in [-0.25, -0.2) is 4.98 Å². The molecule has 1 rings (SSSR count). The van der Waals surface area contributed by atoms with Gasteiger partial charge in [0.05, 0.1) is 0 Å². The van der Waals surface area contributed by atoms with Crippen molar-refractivity contribution < 1.29 is 0 Å². The van der Waals surface area contributed by atoms with Crippen molar-refractivity contribution in [3.63, 3.8) is 0 Å². The van der Waals surface area contributed by atoms with Gasteiger partial charge in [-0.3, -0.25) is 0 Å². The molecule has 1 aromatic rings. The van der Waals surface area contributed by atoms with Crippen LogP contribution in [-0.2, 0) is 6.54 Å². The summed E-state index contributed by atoms with van der Waals surface area (Å²) in [5.41, 5.74) is 0. The number of aryl methyl sites for hydroxylation is 1. The maximum atomic E-state index is 4.36. The summed E-state index contributed by atoms with van der Waals surface area (Å²) in [6.07, 6.45) is 6.39. The molecule has 1 aromatic heterocycles. The lowest BCUT2D eigenvalue weighted by Gasteiger charge is -2.14. The molecular weight excluding hydrogens is 180 g/mol. The Balaban J connectivity index is 2.51. The first-order valence-corrected chi connectivity index (χ1v) is 5.49. The quantitative estimate of drug-likeness (QED) is 0.720. The molecule has 0 saturated carbocycles. The number of aromatic nitrogens is 2. The second kappa shape index (κ2) is 5.32. The van der Waals surface area contributed by atoms with Crippen LogP contribution in [0.2, 0.25) is 0 Å². The molecule has 0 fully saturated rings. The number of rotatable bonds is 5. The smallest absolute Gasteiger partial charge is 0.105 e. The molecule has 1 unspecified atom stereocenters. The average molecular weight is 198 g/mol. The number of hydrogen-bond donors (Lipinski definition) is 1. The van der Waals surface area contributed by atoms with Crippen molar-refractivity contribution in [3.8, 4) is 0 Å². The third-order valence-electron chi connectivity index (χ3n) is 2.33. The summed E-state index contributed by atoms with van der Waals surface area (Å²) in [5.74, 6) is 2.75. The van der Waals surface area contributed by atoms with E-state index in [1.165, 1.54) is 12.8 Å². The first-order valence-electron chi connectivity index (χ1n) is 4.86. The van der Waals surface area contributed by atoms with Crippen LogP contribution >= 0.6 is 12.6 Å². The maximum Gasteiger partial charge on any atom is 0.105 e. The van der Waals surface area contributed by atoms with E-state index in [-0.39, 0.29) is 0 Å². The molecule has 0 saturated heterocycles. The summed E-state index contributed by atoms with van der Waals surface area (Å²) in [4.78, 5) is 4.20. The summed E-state index contributed by atoms with van der Waals surface area (Å²) in [5, 5.41) is 0. The molecule has 2 nitrogen and oxygen atoms in total. The van der Waals surface area contributed by atoms with Crippen LogP contribution in [-0.4, -0.2) is 15.3 Å². The van der Waals surface area contributed by atoms with E-state index in [0.29, 0.717) is 5.92 Å². The maximum absolute atomic E-state index is 4.36. The molecule has 0 N–H and O–H groups in total. The zero-order chi connectivity index (χ0) is 9.68. The van der Waals surface area contributed by atoms with E-state index >= 15 is 0 Å². The van der Waals surface area contributed by atoms with Crippen molar-refractivity contribution in [2.24, 2.45) is 5.92 Å². The second-order valence-corrected chi connectivity index (χ2v) is 3.83. The summed E-state index contributed by atoms with van der Waals surface area (Å²) in [6, 6.07) is 0. The zero-order valence-corrected chi connectivity index (χ0v) is 9.30. The summed E-state index contributed by atoms with van der Waals surface area (Å²) in [6.45, 7) is 5.32. The predicted octanol–water partition coefficient (Wildman–Crippen LogP) is 2.54. The largest absolute Gasteiger partial charge is 0.335 e. The van der Waals surface area contributed by atoms with E-state index in [4.69, 9.17) is 0 Å². The fourth-order valence-electron chi connectivity index (χ4n) is 1.52. The molecule has 1 atom stereocenters. The van der Waals surface area contributed by atoms with Crippen LogP contribution in [0.4, 0.5) is 0 Å². The van der Waals surface area contributed by atoms with E-state index in [1.54, 1.807) is 0 Å². The van der Waals surface area contributed by atoms with Crippen LogP contribution in [0.25, 0.3) is 0 Å². The minimum atomic E-state index is 0.682. The molecule has 0 aromatic carbocycles. The minimum Gasteiger partial charge on any atom is -0.335 e. The van der Waals surface area contributed by atoms with Gasteiger partial charge in [0, 0.05) is 18.9 Å². The Morgan fingerprint density at radius 2 is 2.38 bits per heavy atom. The molecule has 0 aliphatic heterocycles. The molecule has 1 heterocycles.